The van der Waals surface area contributed by atoms with Crippen LogP contribution >= 0.6 is 0 Å². The summed E-state index contributed by atoms with van der Waals surface area (Å²) in [4.78, 5) is 8.56. The van der Waals surface area contributed by atoms with Crippen molar-refractivity contribution in [2.24, 2.45) is 16.8 Å². The molecule has 1 aromatic heterocycles. The minimum Gasteiger partial charge on any atom is -0.475 e. The Morgan fingerprint density at radius 2 is 2.13 bits per heavy atom. The van der Waals surface area contributed by atoms with Gasteiger partial charge in [-0.3, -0.25) is 4.99 Å². The molecule has 2 N–H and O–H groups in total. The first kappa shape index (κ1) is 17.6. The van der Waals surface area contributed by atoms with Crippen molar-refractivity contribution in [1.82, 2.24) is 15.6 Å². The summed E-state index contributed by atoms with van der Waals surface area (Å²) >= 11 is 0. The van der Waals surface area contributed by atoms with Gasteiger partial charge < -0.3 is 15.4 Å². The van der Waals surface area contributed by atoms with Gasteiger partial charge in [0.2, 0.25) is 5.88 Å². The van der Waals surface area contributed by atoms with E-state index in [4.69, 9.17) is 4.74 Å². The fourth-order valence-corrected chi connectivity index (χ4v) is 2.51. The van der Waals surface area contributed by atoms with Crippen LogP contribution in [0.15, 0.2) is 23.3 Å². The third kappa shape index (κ3) is 6.89. The van der Waals surface area contributed by atoms with Crippen LogP contribution in [0.1, 0.15) is 45.6 Å². The number of aromatic nitrogens is 1. The zero-order chi connectivity index (χ0) is 16.7. The Morgan fingerprint density at radius 1 is 1.35 bits per heavy atom. The second-order valence-corrected chi connectivity index (χ2v) is 6.81. The molecule has 0 saturated heterocycles. The zero-order valence-electron chi connectivity index (χ0n) is 14.8. The second kappa shape index (κ2) is 8.75. The molecule has 0 radical (unpaired) electrons. The summed E-state index contributed by atoms with van der Waals surface area (Å²) in [5, 5.41) is 6.70. The average molecular weight is 318 g/mol. The Kier molecular flexibility index (Phi) is 6.68. The van der Waals surface area contributed by atoms with Crippen LogP contribution in [0.25, 0.3) is 0 Å². The van der Waals surface area contributed by atoms with Crippen LogP contribution in [0, 0.1) is 11.8 Å². The highest BCUT2D eigenvalue weighted by Gasteiger charge is 2.21. The maximum atomic E-state index is 5.90. The maximum Gasteiger partial charge on any atom is 0.213 e. The largest absolute Gasteiger partial charge is 0.475 e. The molecule has 1 unspecified atom stereocenters. The Bertz CT molecular complexity index is 511. The molecule has 0 aliphatic heterocycles. The molecule has 1 fully saturated rings. The van der Waals surface area contributed by atoms with Gasteiger partial charge in [0.1, 0.15) is 0 Å². The summed E-state index contributed by atoms with van der Waals surface area (Å²) in [6, 6.07) is 4.00. The Hall–Kier alpha value is -1.78. The van der Waals surface area contributed by atoms with Crippen LogP contribution in [0.5, 0.6) is 5.88 Å². The first-order valence-corrected chi connectivity index (χ1v) is 8.63. The zero-order valence-corrected chi connectivity index (χ0v) is 14.8. The van der Waals surface area contributed by atoms with Gasteiger partial charge in [0, 0.05) is 32.4 Å². The lowest BCUT2D eigenvalue weighted by atomic mass is 10.1. The van der Waals surface area contributed by atoms with Crippen molar-refractivity contribution in [2.75, 3.05) is 13.6 Å². The number of guanidine groups is 1. The molecule has 5 heteroatoms. The van der Waals surface area contributed by atoms with Crippen molar-refractivity contribution >= 4 is 5.96 Å². The minimum atomic E-state index is 0.179. The van der Waals surface area contributed by atoms with E-state index in [9.17, 15) is 0 Å². The van der Waals surface area contributed by atoms with E-state index in [-0.39, 0.29) is 6.10 Å². The van der Waals surface area contributed by atoms with Crippen LogP contribution in [0.2, 0.25) is 0 Å². The summed E-state index contributed by atoms with van der Waals surface area (Å²) in [5.74, 6) is 3.00. The first-order chi connectivity index (χ1) is 11.1. The standard InChI is InChI=1S/C18H30N4O/c1-13(2)9-14(3)23-17-10-16(7-8-20-17)12-22-18(19-4)21-11-15-5-6-15/h7-8,10,13-15H,5-6,9,11-12H2,1-4H3,(H2,19,21,22). The summed E-state index contributed by atoms with van der Waals surface area (Å²) in [6.45, 7) is 8.22. The van der Waals surface area contributed by atoms with E-state index in [1.165, 1.54) is 12.8 Å². The minimum absolute atomic E-state index is 0.179. The highest BCUT2D eigenvalue weighted by molar-refractivity contribution is 5.79. The normalized spacial score (nSPS) is 16.3. The molecule has 1 aliphatic carbocycles. The molecule has 1 aromatic rings. The molecular weight excluding hydrogens is 288 g/mol. The quantitative estimate of drug-likeness (QED) is 0.571. The van der Waals surface area contributed by atoms with E-state index in [2.05, 4.69) is 41.4 Å². The number of hydrogen-bond acceptors (Lipinski definition) is 3. The number of rotatable bonds is 8. The van der Waals surface area contributed by atoms with Crippen molar-refractivity contribution in [1.29, 1.82) is 0 Å². The number of nitrogens with zero attached hydrogens (tertiary/aromatic N) is 2. The fourth-order valence-electron chi connectivity index (χ4n) is 2.51. The van der Waals surface area contributed by atoms with Gasteiger partial charge in [-0.15, -0.1) is 0 Å². The van der Waals surface area contributed by atoms with Crippen LogP contribution in [-0.4, -0.2) is 30.6 Å². The molecule has 2 rings (SSSR count). The molecule has 1 aliphatic rings. The van der Waals surface area contributed by atoms with Crippen LogP contribution in [0.4, 0.5) is 0 Å². The van der Waals surface area contributed by atoms with E-state index in [0.717, 1.165) is 30.4 Å². The van der Waals surface area contributed by atoms with E-state index in [1.807, 2.05) is 12.1 Å². The third-order valence-corrected chi connectivity index (χ3v) is 3.86. The molecule has 128 valence electrons. The summed E-state index contributed by atoms with van der Waals surface area (Å²) < 4.78 is 5.90. The SMILES string of the molecule is CN=C(NCc1ccnc(OC(C)CC(C)C)c1)NCC1CC1. The van der Waals surface area contributed by atoms with Gasteiger partial charge in [0.05, 0.1) is 6.10 Å². The number of hydrogen-bond donors (Lipinski definition) is 2. The maximum absolute atomic E-state index is 5.90. The van der Waals surface area contributed by atoms with Crippen molar-refractivity contribution in [3.05, 3.63) is 23.9 Å². The van der Waals surface area contributed by atoms with Gasteiger partial charge in [-0.05, 0) is 49.7 Å². The lowest BCUT2D eigenvalue weighted by molar-refractivity contribution is 0.185. The molecule has 1 atom stereocenters. The topological polar surface area (TPSA) is 58.5 Å². The van der Waals surface area contributed by atoms with Gasteiger partial charge in [0.25, 0.3) is 0 Å². The smallest absolute Gasteiger partial charge is 0.213 e. The molecule has 1 heterocycles. The van der Waals surface area contributed by atoms with Crippen LogP contribution in [-0.2, 0) is 6.54 Å². The predicted octanol–water partition coefficient (Wildman–Crippen LogP) is 2.97. The molecule has 0 amide bonds. The second-order valence-electron chi connectivity index (χ2n) is 6.81. The Labute approximate surface area is 139 Å². The summed E-state index contributed by atoms with van der Waals surface area (Å²) in [7, 11) is 1.80. The molecular formula is C18H30N4O. The molecule has 5 nitrogen and oxygen atoms in total. The van der Waals surface area contributed by atoms with E-state index in [0.29, 0.717) is 18.3 Å². The van der Waals surface area contributed by atoms with Crippen molar-refractivity contribution in [3.63, 3.8) is 0 Å². The molecule has 0 aromatic carbocycles. The number of nitrogens with one attached hydrogen (secondary N) is 2. The van der Waals surface area contributed by atoms with Crippen molar-refractivity contribution in [2.45, 2.75) is 52.7 Å². The Balaban J connectivity index is 1.81. The lowest BCUT2D eigenvalue weighted by Crippen LogP contribution is -2.37. The van der Waals surface area contributed by atoms with E-state index < -0.39 is 0 Å². The average Bonchev–Trinajstić information content (AvgIpc) is 3.31. The number of ether oxygens (including phenoxy) is 1. The van der Waals surface area contributed by atoms with E-state index >= 15 is 0 Å². The van der Waals surface area contributed by atoms with Crippen molar-refractivity contribution in [3.8, 4) is 5.88 Å². The summed E-state index contributed by atoms with van der Waals surface area (Å²) in [5.41, 5.74) is 1.14. The van der Waals surface area contributed by atoms with Gasteiger partial charge in [-0.2, -0.15) is 0 Å². The lowest BCUT2D eigenvalue weighted by Gasteiger charge is -2.16. The monoisotopic (exact) mass is 318 g/mol. The third-order valence-electron chi connectivity index (χ3n) is 3.86. The Morgan fingerprint density at radius 3 is 2.78 bits per heavy atom. The predicted molar refractivity (Wildman–Crippen MR) is 94.7 cm³/mol. The van der Waals surface area contributed by atoms with Crippen molar-refractivity contribution < 1.29 is 4.74 Å². The van der Waals surface area contributed by atoms with Crippen LogP contribution < -0.4 is 15.4 Å². The molecule has 0 bridgehead atoms. The first-order valence-electron chi connectivity index (χ1n) is 8.63. The van der Waals surface area contributed by atoms with E-state index in [1.54, 1.807) is 13.2 Å². The van der Waals surface area contributed by atoms with Crippen LogP contribution in [0.3, 0.4) is 0 Å². The highest BCUT2D eigenvalue weighted by atomic mass is 16.5. The number of aliphatic imine (C=N–C) groups is 1. The van der Waals surface area contributed by atoms with Gasteiger partial charge in [0.15, 0.2) is 5.96 Å². The summed E-state index contributed by atoms with van der Waals surface area (Å²) in [6.07, 6.45) is 5.68. The van der Waals surface area contributed by atoms with Gasteiger partial charge in [-0.1, -0.05) is 13.8 Å². The van der Waals surface area contributed by atoms with Gasteiger partial charge in [-0.25, -0.2) is 4.98 Å². The molecule has 1 saturated carbocycles. The van der Waals surface area contributed by atoms with Gasteiger partial charge >= 0.3 is 0 Å². The fraction of sp³-hybridized carbons (Fsp3) is 0.667. The number of pyridine rings is 1. The molecule has 23 heavy (non-hydrogen) atoms. The highest BCUT2D eigenvalue weighted by Crippen LogP contribution is 2.27. The molecule has 0 spiro atoms.